The predicted octanol–water partition coefficient (Wildman–Crippen LogP) is 6.70. The molecule has 2 amide bonds. The van der Waals surface area contributed by atoms with Gasteiger partial charge < -0.3 is 14.5 Å². The lowest BCUT2D eigenvalue weighted by Gasteiger charge is -2.40. The van der Waals surface area contributed by atoms with E-state index in [4.69, 9.17) is 16.3 Å². The third kappa shape index (κ3) is 5.20. The van der Waals surface area contributed by atoms with Gasteiger partial charge in [-0.15, -0.1) is 0 Å². The largest absolute Gasteiger partial charge is 0.491 e. The zero-order chi connectivity index (χ0) is 25.1. The Morgan fingerprint density at radius 2 is 1.69 bits per heavy atom. The number of nitrogens with zero attached hydrogens (tertiary/aromatic N) is 2. The van der Waals surface area contributed by atoms with E-state index in [9.17, 15) is 9.59 Å². The second kappa shape index (κ2) is 10.5. The zero-order valence-corrected chi connectivity index (χ0v) is 21.3. The number of benzene rings is 3. The van der Waals surface area contributed by atoms with Crippen LogP contribution in [0.2, 0.25) is 5.02 Å². The van der Waals surface area contributed by atoms with Crippen LogP contribution in [0.3, 0.4) is 0 Å². The summed E-state index contributed by atoms with van der Waals surface area (Å²) in [7, 11) is 0. The van der Waals surface area contributed by atoms with Gasteiger partial charge in [0.15, 0.2) is 0 Å². The molecule has 0 saturated carbocycles. The Kier molecular flexibility index (Phi) is 7.46. The first-order valence-corrected chi connectivity index (χ1v) is 12.4. The molecule has 0 spiro atoms. The van der Waals surface area contributed by atoms with E-state index in [-0.39, 0.29) is 29.9 Å². The number of anilines is 2. The van der Waals surface area contributed by atoms with Crippen molar-refractivity contribution in [1.29, 1.82) is 0 Å². The van der Waals surface area contributed by atoms with E-state index in [1.165, 1.54) is 0 Å². The van der Waals surface area contributed by atoms with E-state index in [1.54, 1.807) is 29.2 Å². The molecular weight excluding hydrogens is 460 g/mol. The molecule has 3 aromatic rings. The minimum Gasteiger partial charge on any atom is -0.491 e. The van der Waals surface area contributed by atoms with Crippen molar-refractivity contribution in [3.63, 3.8) is 0 Å². The molecule has 5 nitrogen and oxygen atoms in total. The summed E-state index contributed by atoms with van der Waals surface area (Å²) in [5.74, 6) is 0.326. The number of rotatable bonds is 6. The van der Waals surface area contributed by atoms with Gasteiger partial charge in [0, 0.05) is 34.5 Å². The number of ether oxygens (including phenoxy) is 1. The number of hydrogen-bond acceptors (Lipinski definition) is 3. The van der Waals surface area contributed by atoms with E-state index < -0.39 is 0 Å². The SMILES string of the molecule is CCN(C(=O)[C@H]1C[C@H](C)N(C(=O)c2ccc(OC(C)C)cc2)c2ccccc21)c1ccc(Cl)cc1. The molecule has 0 fully saturated rings. The number of para-hydroxylation sites is 1. The molecule has 1 heterocycles. The summed E-state index contributed by atoms with van der Waals surface area (Å²) in [6, 6.07) is 22.1. The molecule has 0 aromatic heterocycles. The van der Waals surface area contributed by atoms with Gasteiger partial charge in [0.05, 0.1) is 12.0 Å². The Bertz CT molecular complexity index is 1190. The van der Waals surface area contributed by atoms with Crippen LogP contribution in [0.25, 0.3) is 0 Å². The number of likely N-dealkylation sites (N-methyl/N-ethyl adjacent to an activating group) is 1. The van der Waals surface area contributed by atoms with Crippen LogP contribution in [0.5, 0.6) is 5.75 Å². The van der Waals surface area contributed by atoms with Crippen LogP contribution in [-0.2, 0) is 4.79 Å². The van der Waals surface area contributed by atoms with Crippen molar-refractivity contribution in [2.75, 3.05) is 16.3 Å². The third-order valence-electron chi connectivity index (χ3n) is 6.30. The van der Waals surface area contributed by atoms with E-state index in [0.717, 1.165) is 22.7 Å². The van der Waals surface area contributed by atoms with Gasteiger partial charge in [-0.25, -0.2) is 0 Å². The van der Waals surface area contributed by atoms with Crippen LogP contribution in [0.1, 0.15) is 56.0 Å². The number of carbonyl (C=O) groups is 2. The summed E-state index contributed by atoms with van der Waals surface area (Å²) in [5, 5.41) is 0.631. The number of amides is 2. The quantitative estimate of drug-likeness (QED) is 0.386. The molecule has 2 atom stereocenters. The smallest absolute Gasteiger partial charge is 0.258 e. The molecule has 0 N–H and O–H groups in total. The van der Waals surface area contributed by atoms with Crippen LogP contribution < -0.4 is 14.5 Å². The second-order valence-electron chi connectivity index (χ2n) is 9.12. The van der Waals surface area contributed by atoms with Gasteiger partial charge in [0.1, 0.15) is 5.75 Å². The molecule has 4 rings (SSSR count). The molecule has 0 unspecified atom stereocenters. The molecule has 6 heteroatoms. The number of fused-ring (bicyclic) bond motifs is 1. The Morgan fingerprint density at radius 3 is 2.31 bits per heavy atom. The fourth-order valence-corrected chi connectivity index (χ4v) is 4.84. The Labute approximate surface area is 212 Å². The summed E-state index contributed by atoms with van der Waals surface area (Å²) >= 11 is 6.05. The summed E-state index contributed by atoms with van der Waals surface area (Å²) in [5.41, 5.74) is 3.05. The van der Waals surface area contributed by atoms with E-state index in [0.29, 0.717) is 23.6 Å². The Balaban J connectivity index is 1.64. The maximum atomic E-state index is 13.8. The van der Waals surface area contributed by atoms with Crippen molar-refractivity contribution < 1.29 is 14.3 Å². The molecular formula is C29H31ClN2O3. The van der Waals surface area contributed by atoms with Gasteiger partial charge in [0.2, 0.25) is 5.91 Å². The molecule has 0 bridgehead atoms. The third-order valence-corrected chi connectivity index (χ3v) is 6.55. The topological polar surface area (TPSA) is 49.9 Å². The molecule has 3 aromatic carbocycles. The van der Waals surface area contributed by atoms with Crippen molar-refractivity contribution in [2.24, 2.45) is 0 Å². The molecule has 0 radical (unpaired) electrons. The lowest BCUT2D eigenvalue weighted by atomic mass is 9.84. The fourth-order valence-electron chi connectivity index (χ4n) is 4.72. The zero-order valence-electron chi connectivity index (χ0n) is 20.6. The first-order valence-electron chi connectivity index (χ1n) is 12.1. The average molecular weight is 491 g/mol. The average Bonchev–Trinajstić information content (AvgIpc) is 2.85. The first-order chi connectivity index (χ1) is 16.8. The lowest BCUT2D eigenvalue weighted by molar-refractivity contribution is -0.120. The molecule has 182 valence electrons. The molecule has 1 aliphatic rings. The number of hydrogen-bond donors (Lipinski definition) is 0. The lowest BCUT2D eigenvalue weighted by Crippen LogP contribution is -2.46. The highest BCUT2D eigenvalue weighted by atomic mass is 35.5. The molecule has 1 aliphatic heterocycles. The summed E-state index contributed by atoms with van der Waals surface area (Å²) in [6.07, 6.45) is 0.607. The van der Waals surface area contributed by atoms with Crippen LogP contribution in [-0.4, -0.2) is 30.5 Å². The molecule has 0 aliphatic carbocycles. The van der Waals surface area contributed by atoms with Crippen molar-refractivity contribution in [1.82, 2.24) is 0 Å². The maximum Gasteiger partial charge on any atom is 0.258 e. The minimum absolute atomic E-state index is 0.0245. The van der Waals surface area contributed by atoms with Gasteiger partial charge >= 0.3 is 0 Å². The highest BCUT2D eigenvalue weighted by molar-refractivity contribution is 6.30. The van der Waals surface area contributed by atoms with Gasteiger partial charge in [-0.3, -0.25) is 9.59 Å². The number of halogens is 1. The van der Waals surface area contributed by atoms with Crippen LogP contribution in [0, 0.1) is 0 Å². The van der Waals surface area contributed by atoms with Gasteiger partial charge in [0.25, 0.3) is 5.91 Å². The van der Waals surface area contributed by atoms with Crippen molar-refractivity contribution in [2.45, 2.75) is 52.2 Å². The Morgan fingerprint density at radius 1 is 1.03 bits per heavy atom. The summed E-state index contributed by atoms with van der Waals surface area (Å²) < 4.78 is 5.71. The highest BCUT2D eigenvalue weighted by Gasteiger charge is 2.38. The standard InChI is InChI=1S/C29H31ClN2O3/c1-5-31(23-14-12-22(30)13-15-23)29(34)26-18-20(4)32(27-9-7-6-8-25(26)27)28(33)21-10-16-24(17-11-21)35-19(2)3/h6-17,19-20,26H,5,18H2,1-4H3/t20-,26-/m0/s1. The van der Waals surface area contributed by atoms with Crippen molar-refractivity contribution >= 4 is 34.8 Å². The first kappa shape index (κ1) is 24.8. The van der Waals surface area contributed by atoms with Crippen LogP contribution >= 0.6 is 11.6 Å². The Hall–Kier alpha value is -3.31. The maximum absolute atomic E-state index is 13.8. The molecule has 0 saturated heterocycles. The van der Waals surface area contributed by atoms with Gasteiger partial charge in [-0.2, -0.15) is 0 Å². The normalized spacial score (nSPS) is 17.1. The fraction of sp³-hybridized carbons (Fsp3) is 0.310. The van der Waals surface area contributed by atoms with Gasteiger partial charge in [-0.05, 0) is 94.3 Å². The van der Waals surface area contributed by atoms with Crippen LogP contribution in [0.15, 0.2) is 72.8 Å². The summed E-state index contributed by atoms with van der Waals surface area (Å²) in [6.45, 7) is 8.45. The van der Waals surface area contributed by atoms with Crippen molar-refractivity contribution in [3.8, 4) is 5.75 Å². The minimum atomic E-state index is -0.345. The van der Waals surface area contributed by atoms with Gasteiger partial charge in [-0.1, -0.05) is 29.8 Å². The predicted molar refractivity (Wildman–Crippen MR) is 142 cm³/mol. The number of carbonyl (C=O) groups excluding carboxylic acids is 2. The van der Waals surface area contributed by atoms with E-state index in [1.807, 2.05) is 81.1 Å². The van der Waals surface area contributed by atoms with Crippen molar-refractivity contribution in [3.05, 3.63) is 88.9 Å². The second-order valence-corrected chi connectivity index (χ2v) is 9.56. The van der Waals surface area contributed by atoms with E-state index in [2.05, 4.69) is 0 Å². The highest BCUT2D eigenvalue weighted by Crippen LogP contribution is 2.41. The molecule has 35 heavy (non-hydrogen) atoms. The summed E-state index contributed by atoms with van der Waals surface area (Å²) in [4.78, 5) is 31.0. The monoisotopic (exact) mass is 490 g/mol. The van der Waals surface area contributed by atoms with Crippen LogP contribution in [0.4, 0.5) is 11.4 Å². The van der Waals surface area contributed by atoms with E-state index >= 15 is 0 Å².